The number of aromatic nitrogens is 2. The van der Waals surface area contributed by atoms with E-state index in [-0.39, 0.29) is 0 Å². The van der Waals surface area contributed by atoms with Crippen LogP contribution in [-0.2, 0) is 0 Å². The lowest BCUT2D eigenvalue weighted by Gasteiger charge is -2.14. The van der Waals surface area contributed by atoms with Crippen molar-refractivity contribution in [2.45, 2.75) is 0 Å². The number of fused-ring (bicyclic) bond motifs is 10. The molecule has 0 saturated heterocycles. The highest BCUT2D eigenvalue weighted by molar-refractivity contribution is 7.26. The highest BCUT2D eigenvalue weighted by Crippen LogP contribution is 2.44. The van der Waals surface area contributed by atoms with Crippen molar-refractivity contribution in [1.29, 1.82) is 5.26 Å². The minimum Gasteiger partial charge on any atom is -0.310 e. The van der Waals surface area contributed by atoms with Crippen LogP contribution in [0.25, 0.3) is 91.1 Å². The molecule has 0 amide bonds. The second kappa shape index (κ2) is 10.4. The fraction of sp³-hybridized carbons (Fsp3) is 0. The first-order valence-electron chi connectivity index (χ1n) is 16.1. The van der Waals surface area contributed by atoms with Gasteiger partial charge in [-0.1, -0.05) is 84.9 Å². The molecule has 0 aliphatic heterocycles. The van der Waals surface area contributed by atoms with Crippen LogP contribution in [0.15, 0.2) is 146 Å². The first-order valence-corrected chi connectivity index (χ1v) is 16.9. The van der Waals surface area contributed by atoms with Gasteiger partial charge in [0.25, 0.3) is 0 Å². The maximum absolute atomic E-state index is 10.4. The number of hydrogen-bond acceptors (Lipinski definition) is 2. The summed E-state index contributed by atoms with van der Waals surface area (Å²) in [6, 6.07) is 52.7. The molecular weight excluding hydrogens is 617 g/mol. The molecule has 0 fully saturated rings. The molecule has 0 radical (unpaired) electrons. The summed E-state index contributed by atoms with van der Waals surface area (Å²) in [7, 11) is 0. The van der Waals surface area contributed by atoms with Crippen LogP contribution in [-0.4, -0.2) is 9.13 Å². The predicted molar refractivity (Wildman–Crippen MR) is 204 cm³/mol. The second-order valence-corrected chi connectivity index (χ2v) is 13.4. The van der Waals surface area contributed by atoms with Gasteiger partial charge in [0.2, 0.25) is 0 Å². The number of nitrogens with zero attached hydrogens (tertiary/aromatic N) is 4. The van der Waals surface area contributed by atoms with Gasteiger partial charge in [-0.2, -0.15) is 5.26 Å². The topological polar surface area (TPSA) is 38.0 Å². The van der Waals surface area contributed by atoms with E-state index < -0.39 is 0 Å². The number of hydrogen-bond donors (Lipinski definition) is 0. The van der Waals surface area contributed by atoms with Crippen molar-refractivity contribution in [1.82, 2.24) is 9.13 Å². The van der Waals surface area contributed by atoms with Crippen molar-refractivity contribution in [3.05, 3.63) is 163 Å². The van der Waals surface area contributed by atoms with E-state index in [4.69, 9.17) is 6.57 Å². The van der Waals surface area contributed by atoms with Crippen LogP contribution in [0.2, 0.25) is 0 Å². The van der Waals surface area contributed by atoms with Crippen LogP contribution < -0.4 is 0 Å². The maximum atomic E-state index is 10.4. The summed E-state index contributed by atoms with van der Waals surface area (Å²) in [5, 5.41) is 17.7. The lowest BCUT2D eigenvalue weighted by molar-refractivity contribution is 1.17. The molecule has 4 nitrogen and oxygen atoms in total. The van der Waals surface area contributed by atoms with Gasteiger partial charge >= 0.3 is 0 Å². The minimum atomic E-state index is 0.506. The third-order valence-corrected chi connectivity index (χ3v) is 10.9. The van der Waals surface area contributed by atoms with Crippen LogP contribution >= 0.6 is 11.3 Å². The minimum absolute atomic E-state index is 0.506. The highest BCUT2D eigenvalue weighted by atomic mass is 32.1. The molecule has 0 atom stereocenters. The van der Waals surface area contributed by atoms with Gasteiger partial charge in [-0.25, -0.2) is 4.85 Å². The quantitative estimate of drug-likeness (QED) is 0.177. The second-order valence-electron chi connectivity index (χ2n) is 12.3. The molecule has 0 spiro atoms. The molecule has 5 heteroatoms. The molecule has 3 heterocycles. The van der Waals surface area contributed by atoms with E-state index in [1.54, 1.807) is 0 Å². The molecule has 0 aliphatic carbocycles. The molecule has 49 heavy (non-hydrogen) atoms. The van der Waals surface area contributed by atoms with Crippen molar-refractivity contribution in [2.75, 3.05) is 0 Å². The SMILES string of the molecule is [C-]#[N+]c1cc(-n2c3ccccc3c3c4c(ccc32)sc2ccccc24)ccc1-c1ccc(-n2c3ccccc3c3ccccc32)cc1C#N. The van der Waals surface area contributed by atoms with E-state index in [0.29, 0.717) is 11.3 Å². The third-order valence-electron chi connectivity index (χ3n) is 9.79. The van der Waals surface area contributed by atoms with E-state index in [9.17, 15) is 5.26 Å². The number of rotatable bonds is 3. The molecule has 226 valence electrons. The van der Waals surface area contributed by atoms with Gasteiger partial charge < -0.3 is 9.13 Å². The lowest BCUT2D eigenvalue weighted by Crippen LogP contribution is -1.97. The van der Waals surface area contributed by atoms with Crippen LogP contribution in [0.1, 0.15) is 5.56 Å². The summed E-state index contributed by atoms with van der Waals surface area (Å²) < 4.78 is 7.02. The summed E-state index contributed by atoms with van der Waals surface area (Å²) in [4.78, 5) is 4.01. The van der Waals surface area contributed by atoms with Crippen molar-refractivity contribution < 1.29 is 0 Å². The smallest absolute Gasteiger partial charge is 0.197 e. The number of benzene rings is 7. The first-order chi connectivity index (χ1) is 24.2. The zero-order chi connectivity index (χ0) is 32.6. The van der Waals surface area contributed by atoms with E-state index in [1.807, 2.05) is 47.7 Å². The van der Waals surface area contributed by atoms with Gasteiger partial charge in [0.05, 0.1) is 40.3 Å². The van der Waals surface area contributed by atoms with Crippen LogP contribution in [0, 0.1) is 17.9 Å². The number of thiophene rings is 1. The molecule has 10 aromatic rings. The van der Waals surface area contributed by atoms with Gasteiger partial charge in [0.15, 0.2) is 5.69 Å². The Morgan fingerprint density at radius 2 is 1.08 bits per heavy atom. The van der Waals surface area contributed by atoms with Crippen LogP contribution in [0.5, 0.6) is 0 Å². The van der Waals surface area contributed by atoms with E-state index in [2.05, 4.69) is 129 Å². The van der Waals surface area contributed by atoms with Crippen LogP contribution in [0.3, 0.4) is 0 Å². The van der Waals surface area contributed by atoms with Crippen molar-refractivity contribution in [2.24, 2.45) is 0 Å². The van der Waals surface area contributed by atoms with Crippen LogP contribution in [0.4, 0.5) is 5.69 Å². The average molecular weight is 641 g/mol. The molecule has 0 bridgehead atoms. The van der Waals surface area contributed by atoms with Gasteiger partial charge in [0, 0.05) is 53.1 Å². The third kappa shape index (κ3) is 3.88. The predicted octanol–water partition coefficient (Wildman–Crippen LogP) is 12.3. The zero-order valence-corrected chi connectivity index (χ0v) is 26.9. The number of nitriles is 1. The average Bonchev–Trinajstić information content (AvgIpc) is 3.82. The number of para-hydroxylation sites is 3. The maximum Gasteiger partial charge on any atom is 0.197 e. The normalized spacial score (nSPS) is 11.6. The Kier molecular flexibility index (Phi) is 5.84. The fourth-order valence-corrected chi connectivity index (χ4v) is 8.85. The van der Waals surface area contributed by atoms with Gasteiger partial charge in [-0.15, -0.1) is 11.3 Å². The Bertz CT molecular complexity index is 3030. The Balaban J connectivity index is 1.16. The van der Waals surface area contributed by atoms with E-state index in [1.165, 1.54) is 41.7 Å². The van der Waals surface area contributed by atoms with Gasteiger partial charge in [0.1, 0.15) is 0 Å². The van der Waals surface area contributed by atoms with Crippen molar-refractivity contribution in [3.8, 4) is 28.6 Å². The van der Waals surface area contributed by atoms with Gasteiger partial charge in [-0.3, -0.25) is 0 Å². The summed E-state index contributed by atoms with van der Waals surface area (Å²) in [5.74, 6) is 0. The molecule has 0 aliphatic rings. The van der Waals surface area contributed by atoms with Gasteiger partial charge in [-0.05, 0) is 71.8 Å². The Morgan fingerprint density at radius 1 is 0.510 bits per heavy atom. The van der Waals surface area contributed by atoms with Crippen molar-refractivity contribution in [3.63, 3.8) is 0 Å². The molecule has 10 rings (SSSR count). The van der Waals surface area contributed by atoms with E-state index >= 15 is 0 Å². The molecule has 0 N–H and O–H groups in total. The molecular formula is C44H24N4S. The zero-order valence-electron chi connectivity index (χ0n) is 26.1. The summed E-state index contributed by atoms with van der Waals surface area (Å²) in [5.41, 5.74) is 8.74. The standard InChI is InChI=1S/C44H24N4S/c1-46-36-25-29(48-39-16-8-4-12-34(39)43-40(48)22-23-42-44(43)35-13-5-9-17-41(35)49-42)19-21-31(36)30-20-18-28(24-27(30)26-45)47-37-14-6-2-10-32(37)33-11-3-7-15-38(33)47/h2-25H. The fourth-order valence-electron chi connectivity index (χ4n) is 7.73. The Labute approximate surface area is 285 Å². The lowest BCUT2D eigenvalue weighted by atomic mass is 9.97. The van der Waals surface area contributed by atoms with E-state index in [0.717, 1.165) is 44.6 Å². The summed E-state index contributed by atoms with van der Waals surface area (Å²) in [6.45, 7) is 8.25. The molecule has 0 unspecified atom stereocenters. The monoisotopic (exact) mass is 640 g/mol. The Morgan fingerprint density at radius 3 is 1.78 bits per heavy atom. The summed E-state index contributed by atoms with van der Waals surface area (Å²) >= 11 is 1.82. The molecule has 3 aromatic heterocycles. The Hall–Kier alpha value is -6.66. The first kappa shape index (κ1) is 27.5. The molecule has 7 aromatic carbocycles. The summed E-state index contributed by atoms with van der Waals surface area (Å²) in [6.07, 6.45) is 0. The molecule has 0 saturated carbocycles. The largest absolute Gasteiger partial charge is 0.310 e. The highest BCUT2D eigenvalue weighted by Gasteiger charge is 2.20. The van der Waals surface area contributed by atoms with Crippen molar-refractivity contribution >= 4 is 80.8 Å².